The molecule has 10 heavy (non-hydrogen) atoms. The highest BCUT2D eigenvalue weighted by atomic mass is 35.5. The molecule has 1 N–H and O–H groups in total. The first kappa shape index (κ1) is 6.84. The molecule has 0 atom stereocenters. The number of pyridine rings is 1. The standard InChI is InChI=1S/C6H3ClN2O/c7-5-2-1-4(3-8)9-6(5)10/h1-2H,(H,9,10). The number of aromatic amines is 1. The van der Waals surface area contributed by atoms with Crippen LogP contribution in [0, 0.1) is 11.3 Å². The van der Waals surface area contributed by atoms with Crippen molar-refractivity contribution >= 4 is 11.6 Å². The van der Waals surface area contributed by atoms with Crippen LogP contribution in [-0.4, -0.2) is 4.98 Å². The molecule has 0 aliphatic rings. The molecule has 4 heteroatoms. The summed E-state index contributed by atoms with van der Waals surface area (Å²) >= 11 is 5.38. The van der Waals surface area contributed by atoms with Gasteiger partial charge in [-0.15, -0.1) is 0 Å². The van der Waals surface area contributed by atoms with Crippen molar-refractivity contribution in [3.05, 3.63) is 33.2 Å². The molecule has 1 aromatic heterocycles. The molecule has 0 radical (unpaired) electrons. The molecule has 0 bridgehead atoms. The first-order chi connectivity index (χ1) is 4.74. The molecule has 0 amide bonds. The number of H-pyrrole nitrogens is 1. The van der Waals surface area contributed by atoms with Gasteiger partial charge in [0.15, 0.2) is 0 Å². The minimum absolute atomic E-state index is 0.0963. The Morgan fingerprint density at radius 2 is 2.30 bits per heavy atom. The average molecular weight is 155 g/mol. The molecule has 1 rings (SSSR count). The van der Waals surface area contributed by atoms with E-state index in [9.17, 15) is 4.79 Å². The van der Waals surface area contributed by atoms with Gasteiger partial charge in [-0.3, -0.25) is 4.79 Å². The van der Waals surface area contributed by atoms with Crippen molar-refractivity contribution in [3.63, 3.8) is 0 Å². The second kappa shape index (κ2) is 2.54. The Labute approximate surface area is 61.9 Å². The minimum Gasteiger partial charge on any atom is -0.312 e. The van der Waals surface area contributed by atoms with Gasteiger partial charge in [-0.1, -0.05) is 11.6 Å². The average Bonchev–Trinajstić information content (AvgIpc) is 1.95. The van der Waals surface area contributed by atoms with Gasteiger partial charge in [-0.25, -0.2) is 0 Å². The first-order valence-electron chi connectivity index (χ1n) is 2.53. The summed E-state index contributed by atoms with van der Waals surface area (Å²) in [5.74, 6) is 0. The Morgan fingerprint density at radius 3 is 2.80 bits per heavy atom. The van der Waals surface area contributed by atoms with Gasteiger partial charge < -0.3 is 4.98 Å². The maximum atomic E-state index is 10.7. The van der Waals surface area contributed by atoms with E-state index >= 15 is 0 Å². The number of hydrogen-bond donors (Lipinski definition) is 1. The van der Waals surface area contributed by atoms with Gasteiger partial charge in [0.25, 0.3) is 5.56 Å². The van der Waals surface area contributed by atoms with Crippen molar-refractivity contribution in [1.82, 2.24) is 4.98 Å². The van der Waals surface area contributed by atoms with Gasteiger partial charge in [0.2, 0.25) is 0 Å². The summed E-state index contributed by atoms with van der Waals surface area (Å²) in [7, 11) is 0. The van der Waals surface area contributed by atoms with E-state index in [4.69, 9.17) is 16.9 Å². The third kappa shape index (κ3) is 1.17. The Bertz CT molecular complexity index is 336. The molecular formula is C6H3ClN2O. The number of halogens is 1. The zero-order chi connectivity index (χ0) is 7.56. The molecule has 0 unspecified atom stereocenters. The number of aromatic nitrogens is 1. The summed E-state index contributed by atoms with van der Waals surface area (Å²) in [5, 5.41) is 8.39. The quantitative estimate of drug-likeness (QED) is 0.604. The third-order valence-corrected chi connectivity index (χ3v) is 1.28. The highest BCUT2D eigenvalue weighted by Crippen LogP contribution is 1.98. The highest BCUT2D eigenvalue weighted by molar-refractivity contribution is 6.30. The summed E-state index contributed by atoms with van der Waals surface area (Å²) in [4.78, 5) is 12.9. The van der Waals surface area contributed by atoms with Gasteiger partial charge in [-0.05, 0) is 12.1 Å². The van der Waals surface area contributed by atoms with Crippen LogP contribution < -0.4 is 5.56 Å². The lowest BCUT2D eigenvalue weighted by Gasteiger charge is -1.87. The molecule has 1 aromatic rings. The maximum Gasteiger partial charge on any atom is 0.267 e. The topological polar surface area (TPSA) is 56.6 Å². The van der Waals surface area contributed by atoms with Gasteiger partial charge >= 0.3 is 0 Å². The van der Waals surface area contributed by atoms with Crippen molar-refractivity contribution < 1.29 is 0 Å². The molecule has 0 spiro atoms. The lowest BCUT2D eigenvalue weighted by atomic mass is 10.4. The number of nitriles is 1. The van der Waals surface area contributed by atoms with Gasteiger partial charge in [-0.2, -0.15) is 5.26 Å². The number of nitrogens with one attached hydrogen (secondary N) is 1. The molecule has 0 aliphatic carbocycles. The van der Waals surface area contributed by atoms with Crippen LogP contribution in [0.15, 0.2) is 16.9 Å². The molecule has 0 aliphatic heterocycles. The lowest BCUT2D eigenvalue weighted by Crippen LogP contribution is -2.06. The molecule has 0 saturated carbocycles. The number of nitrogens with zero attached hydrogens (tertiary/aromatic N) is 1. The summed E-state index contributed by atoms with van der Waals surface area (Å²) in [6, 6.07) is 4.62. The molecular weight excluding hydrogens is 152 g/mol. The van der Waals surface area contributed by atoms with Gasteiger partial charge in [0.1, 0.15) is 16.8 Å². The van der Waals surface area contributed by atoms with Crippen LogP contribution in [0.25, 0.3) is 0 Å². The zero-order valence-corrected chi connectivity index (χ0v) is 5.64. The van der Waals surface area contributed by atoms with Crippen LogP contribution in [0.2, 0.25) is 5.02 Å². The second-order valence-corrected chi connectivity index (χ2v) is 2.07. The van der Waals surface area contributed by atoms with E-state index in [1.54, 1.807) is 6.07 Å². The van der Waals surface area contributed by atoms with Crippen molar-refractivity contribution in [3.8, 4) is 6.07 Å². The third-order valence-electron chi connectivity index (χ3n) is 0.982. The summed E-state index contributed by atoms with van der Waals surface area (Å²) in [6.07, 6.45) is 0. The van der Waals surface area contributed by atoms with Crippen LogP contribution in [0.1, 0.15) is 5.69 Å². The Hall–Kier alpha value is -1.27. The van der Waals surface area contributed by atoms with Crippen molar-refractivity contribution in [2.45, 2.75) is 0 Å². The van der Waals surface area contributed by atoms with Crippen molar-refractivity contribution in [2.24, 2.45) is 0 Å². The van der Waals surface area contributed by atoms with E-state index in [-0.39, 0.29) is 10.7 Å². The summed E-state index contributed by atoms with van der Waals surface area (Å²) in [5.41, 5.74) is -0.213. The molecule has 1 heterocycles. The Morgan fingerprint density at radius 1 is 1.60 bits per heavy atom. The Kier molecular flexibility index (Phi) is 1.74. The smallest absolute Gasteiger partial charge is 0.267 e. The number of hydrogen-bond acceptors (Lipinski definition) is 2. The van der Waals surface area contributed by atoms with Gasteiger partial charge in [0.05, 0.1) is 0 Å². The SMILES string of the molecule is N#Cc1ccc(Cl)c(=O)[nH]1. The van der Waals surface area contributed by atoms with Crippen LogP contribution >= 0.6 is 11.6 Å². The number of rotatable bonds is 0. The zero-order valence-electron chi connectivity index (χ0n) is 4.89. The van der Waals surface area contributed by atoms with Crippen LogP contribution in [0.3, 0.4) is 0 Å². The van der Waals surface area contributed by atoms with E-state index < -0.39 is 5.56 Å². The molecule has 0 aromatic carbocycles. The molecule has 0 fully saturated rings. The van der Waals surface area contributed by atoms with Crippen molar-refractivity contribution in [1.29, 1.82) is 5.26 Å². The van der Waals surface area contributed by atoms with E-state index in [2.05, 4.69) is 4.98 Å². The highest BCUT2D eigenvalue weighted by Gasteiger charge is 1.94. The largest absolute Gasteiger partial charge is 0.312 e. The monoisotopic (exact) mass is 154 g/mol. The fraction of sp³-hybridized carbons (Fsp3) is 0. The van der Waals surface area contributed by atoms with Crippen LogP contribution in [-0.2, 0) is 0 Å². The maximum absolute atomic E-state index is 10.7. The van der Waals surface area contributed by atoms with E-state index in [1.165, 1.54) is 12.1 Å². The first-order valence-corrected chi connectivity index (χ1v) is 2.91. The van der Waals surface area contributed by atoms with E-state index in [0.29, 0.717) is 0 Å². The minimum atomic E-state index is -0.430. The molecule has 0 saturated heterocycles. The predicted molar refractivity (Wildman–Crippen MR) is 36.8 cm³/mol. The van der Waals surface area contributed by atoms with Crippen LogP contribution in [0.4, 0.5) is 0 Å². The molecule has 50 valence electrons. The summed E-state index contributed by atoms with van der Waals surface area (Å²) in [6.45, 7) is 0. The summed E-state index contributed by atoms with van der Waals surface area (Å²) < 4.78 is 0. The predicted octanol–water partition coefficient (Wildman–Crippen LogP) is 0.900. The van der Waals surface area contributed by atoms with E-state index in [0.717, 1.165) is 0 Å². The fourth-order valence-electron chi connectivity index (χ4n) is 0.521. The van der Waals surface area contributed by atoms with Gasteiger partial charge in [0, 0.05) is 0 Å². The second-order valence-electron chi connectivity index (χ2n) is 1.66. The van der Waals surface area contributed by atoms with Crippen molar-refractivity contribution in [2.75, 3.05) is 0 Å². The Balaban J connectivity index is 3.34. The molecule has 3 nitrogen and oxygen atoms in total. The van der Waals surface area contributed by atoms with E-state index in [1.807, 2.05) is 0 Å². The van der Waals surface area contributed by atoms with Crippen LogP contribution in [0.5, 0.6) is 0 Å². The fourth-order valence-corrected chi connectivity index (χ4v) is 0.631. The normalized spacial score (nSPS) is 8.80. The lowest BCUT2D eigenvalue weighted by molar-refractivity contribution is 1.19.